The number of rotatable bonds is 5. The van der Waals surface area contributed by atoms with Gasteiger partial charge >= 0.3 is 0 Å². The molecule has 0 aromatic heterocycles. The molecule has 1 N–H and O–H groups in total. The number of carbonyl (C=O) groups excluding carboxylic acids is 1. The van der Waals surface area contributed by atoms with Gasteiger partial charge in [-0.1, -0.05) is 24.3 Å². The zero-order chi connectivity index (χ0) is 21.1. The minimum atomic E-state index is -1.72. The number of ether oxygens (including phenoxy) is 1. The Morgan fingerprint density at radius 1 is 1.03 bits per heavy atom. The molecule has 1 aliphatic heterocycles. The fourth-order valence-corrected chi connectivity index (χ4v) is 3.58. The molecule has 8 heteroatoms. The first-order valence-electron chi connectivity index (χ1n) is 9.32. The third-order valence-corrected chi connectivity index (χ3v) is 4.79. The molecule has 1 fully saturated rings. The molecule has 156 valence electrons. The van der Waals surface area contributed by atoms with Crippen molar-refractivity contribution >= 4 is 5.91 Å². The van der Waals surface area contributed by atoms with Crippen LogP contribution in [0.4, 0.5) is 17.6 Å². The van der Waals surface area contributed by atoms with Gasteiger partial charge in [0.15, 0.2) is 23.3 Å². The van der Waals surface area contributed by atoms with Crippen molar-refractivity contribution < 1.29 is 27.1 Å². The normalized spacial score (nSPS) is 19.9. The highest BCUT2D eigenvalue weighted by molar-refractivity contribution is 5.94. The summed E-state index contributed by atoms with van der Waals surface area (Å²) in [6, 6.07) is 7.38. The number of halogens is 4. The SMILES string of the molecule is C[C@H]1CN(Cc2ccccc2CNC(=O)c2c(F)c(F)cc(F)c2F)C[C@H](C)O1. The summed E-state index contributed by atoms with van der Waals surface area (Å²) in [5.41, 5.74) is 0.404. The standard InChI is InChI=1S/C21H22F4N2O2/c1-12-9-27(10-13(2)29-12)11-15-6-4-3-5-14(15)8-26-21(28)18-19(24)16(22)7-17(23)20(18)25/h3-7,12-13H,8-11H2,1-2H3,(H,26,28)/t12-,13-/m0/s1. The number of hydrogen-bond donors (Lipinski definition) is 1. The maximum Gasteiger partial charge on any atom is 0.257 e. The van der Waals surface area contributed by atoms with Gasteiger partial charge in [0.2, 0.25) is 0 Å². The van der Waals surface area contributed by atoms with Gasteiger partial charge in [-0.2, -0.15) is 0 Å². The number of carbonyl (C=O) groups is 1. The van der Waals surface area contributed by atoms with Gasteiger partial charge in [0.05, 0.1) is 12.2 Å². The van der Waals surface area contributed by atoms with Gasteiger partial charge in [0, 0.05) is 32.2 Å². The van der Waals surface area contributed by atoms with Crippen LogP contribution >= 0.6 is 0 Å². The molecule has 2 aromatic rings. The van der Waals surface area contributed by atoms with Gasteiger partial charge in [-0.05, 0) is 25.0 Å². The van der Waals surface area contributed by atoms with E-state index in [1.54, 1.807) is 12.1 Å². The van der Waals surface area contributed by atoms with Gasteiger partial charge < -0.3 is 10.1 Å². The molecule has 29 heavy (non-hydrogen) atoms. The maximum atomic E-state index is 13.8. The molecule has 1 saturated heterocycles. The van der Waals surface area contributed by atoms with E-state index in [2.05, 4.69) is 10.2 Å². The lowest BCUT2D eigenvalue weighted by molar-refractivity contribution is -0.0705. The first-order valence-corrected chi connectivity index (χ1v) is 9.32. The summed E-state index contributed by atoms with van der Waals surface area (Å²) in [5, 5.41) is 2.35. The maximum absolute atomic E-state index is 13.8. The average Bonchev–Trinajstić information content (AvgIpc) is 2.65. The Morgan fingerprint density at radius 3 is 2.17 bits per heavy atom. The highest BCUT2D eigenvalue weighted by Gasteiger charge is 2.25. The molecule has 0 unspecified atom stereocenters. The lowest BCUT2D eigenvalue weighted by Crippen LogP contribution is -2.45. The van der Waals surface area contributed by atoms with E-state index in [-0.39, 0.29) is 24.8 Å². The highest BCUT2D eigenvalue weighted by atomic mass is 19.2. The van der Waals surface area contributed by atoms with Crippen molar-refractivity contribution in [1.82, 2.24) is 10.2 Å². The zero-order valence-electron chi connectivity index (χ0n) is 16.1. The van der Waals surface area contributed by atoms with E-state index in [0.29, 0.717) is 6.54 Å². The number of benzene rings is 2. The Bertz CT molecular complexity index is 870. The van der Waals surface area contributed by atoms with Crippen LogP contribution in [-0.2, 0) is 17.8 Å². The Morgan fingerprint density at radius 2 is 1.59 bits per heavy atom. The molecular weight excluding hydrogens is 388 g/mol. The van der Waals surface area contributed by atoms with Gasteiger partial charge in [-0.15, -0.1) is 0 Å². The first kappa shape index (κ1) is 21.3. The van der Waals surface area contributed by atoms with Crippen LogP contribution in [0.3, 0.4) is 0 Å². The van der Waals surface area contributed by atoms with E-state index in [1.807, 2.05) is 26.0 Å². The van der Waals surface area contributed by atoms with E-state index < -0.39 is 34.7 Å². The lowest BCUT2D eigenvalue weighted by atomic mass is 10.1. The summed E-state index contributed by atoms with van der Waals surface area (Å²) in [4.78, 5) is 14.4. The van der Waals surface area contributed by atoms with Crippen LogP contribution in [0.25, 0.3) is 0 Å². The molecule has 1 aliphatic rings. The fraction of sp³-hybridized carbons (Fsp3) is 0.381. The number of amides is 1. The summed E-state index contributed by atoms with van der Waals surface area (Å²) in [6.07, 6.45) is 0.193. The van der Waals surface area contributed by atoms with Crippen LogP contribution in [0.5, 0.6) is 0 Å². The number of nitrogens with zero attached hydrogens (tertiary/aromatic N) is 1. The molecule has 3 rings (SSSR count). The predicted octanol–water partition coefficient (Wildman–Crippen LogP) is 3.78. The molecule has 0 bridgehead atoms. The van der Waals surface area contributed by atoms with Crippen LogP contribution in [0.1, 0.15) is 35.3 Å². The van der Waals surface area contributed by atoms with Crippen molar-refractivity contribution in [2.75, 3.05) is 13.1 Å². The second kappa shape index (κ2) is 8.92. The Kier molecular flexibility index (Phi) is 6.54. The second-order valence-electron chi connectivity index (χ2n) is 7.25. The molecule has 2 atom stereocenters. The van der Waals surface area contributed by atoms with E-state index in [9.17, 15) is 22.4 Å². The van der Waals surface area contributed by atoms with E-state index >= 15 is 0 Å². The molecule has 2 aromatic carbocycles. The Balaban J connectivity index is 1.73. The fourth-order valence-electron chi connectivity index (χ4n) is 3.58. The summed E-state index contributed by atoms with van der Waals surface area (Å²) < 4.78 is 60.1. The number of nitrogens with one attached hydrogen (secondary N) is 1. The van der Waals surface area contributed by atoms with E-state index in [1.165, 1.54) is 0 Å². The first-order chi connectivity index (χ1) is 13.8. The minimum Gasteiger partial charge on any atom is -0.373 e. The molecule has 0 radical (unpaired) electrons. The minimum absolute atomic E-state index is 0.0402. The van der Waals surface area contributed by atoms with Crippen molar-refractivity contribution in [3.63, 3.8) is 0 Å². The van der Waals surface area contributed by atoms with Crippen molar-refractivity contribution in [2.24, 2.45) is 0 Å². The van der Waals surface area contributed by atoms with E-state index in [0.717, 1.165) is 24.2 Å². The largest absolute Gasteiger partial charge is 0.373 e. The van der Waals surface area contributed by atoms with Crippen molar-refractivity contribution in [1.29, 1.82) is 0 Å². The summed E-state index contributed by atoms with van der Waals surface area (Å²) in [5.74, 6) is -7.89. The topological polar surface area (TPSA) is 41.6 Å². The smallest absolute Gasteiger partial charge is 0.257 e. The monoisotopic (exact) mass is 410 g/mol. The van der Waals surface area contributed by atoms with Crippen LogP contribution in [-0.4, -0.2) is 36.1 Å². The van der Waals surface area contributed by atoms with Gasteiger partial charge in [-0.3, -0.25) is 9.69 Å². The lowest BCUT2D eigenvalue weighted by Gasteiger charge is -2.35. The van der Waals surface area contributed by atoms with Gasteiger partial charge in [0.1, 0.15) is 5.56 Å². The summed E-state index contributed by atoms with van der Waals surface area (Å²) in [7, 11) is 0. The third-order valence-electron chi connectivity index (χ3n) is 4.79. The molecule has 1 amide bonds. The summed E-state index contributed by atoms with van der Waals surface area (Å²) >= 11 is 0. The Labute approximate surface area is 166 Å². The molecule has 4 nitrogen and oxygen atoms in total. The second-order valence-corrected chi connectivity index (χ2v) is 7.25. The number of hydrogen-bond acceptors (Lipinski definition) is 3. The molecular formula is C21H22F4N2O2. The highest BCUT2D eigenvalue weighted by Crippen LogP contribution is 2.20. The van der Waals surface area contributed by atoms with Crippen LogP contribution in [0.15, 0.2) is 30.3 Å². The van der Waals surface area contributed by atoms with Crippen LogP contribution in [0.2, 0.25) is 0 Å². The molecule has 0 spiro atoms. The van der Waals surface area contributed by atoms with Crippen molar-refractivity contribution in [3.8, 4) is 0 Å². The zero-order valence-corrected chi connectivity index (χ0v) is 16.1. The van der Waals surface area contributed by atoms with Gasteiger partial charge in [-0.25, -0.2) is 17.6 Å². The predicted molar refractivity (Wildman–Crippen MR) is 99.2 cm³/mol. The third kappa shape index (κ3) is 4.94. The molecule has 1 heterocycles. The van der Waals surface area contributed by atoms with Crippen LogP contribution in [0, 0.1) is 23.3 Å². The van der Waals surface area contributed by atoms with Crippen molar-refractivity contribution in [3.05, 3.63) is 70.3 Å². The van der Waals surface area contributed by atoms with Gasteiger partial charge in [0.25, 0.3) is 5.91 Å². The quantitative estimate of drug-likeness (QED) is 0.603. The van der Waals surface area contributed by atoms with Crippen molar-refractivity contribution in [2.45, 2.75) is 39.1 Å². The Hall–Kier alpha value is -2.45. The van der Waals surface area contributed by atoms with Crippen LogP contribution < -0.4 is 5.32 Å². The molecule has 0 aliphatic carbocycles. The average molecular weight is 410 g/mol. The molecule has 0 saturated carbocycles. The number of morpholine rings is 1. The van der Waals surface area contributed by atoms with E-state index in [4.69, 9.17) is 4.74 Å². The summed E-state index contributed by atoms with van der Waals surface area (Å²) in [6.45, 7) is 6.07.